The number of ether oxygens (including phenoxy) is 1. The summed E-state index contributed by atoms with van der Waals surface area (Å²) in [5.74, 6) is -3.55. The summed E-state index contributed by atoms with van der Waals surface area (Å²) in [4.78, 5) is 0. The molecular weight excluding hydrogens is 269 g/mol. The summed E-state index contributed by atoms with van der Waals surface area (Å²) in [7, 11) is 0. The lowest BCUT2D eigenvalue weighted by Crippen LogP contribution is -1.99. The van der Waals surface area contributed by atoms with Crippen LogP contribution in [-0.4, -0.2) is 6.61 Å². The number of benzene rings is 2. The van der Waals surface area contributed by atoms with Crippen molar-refractivity contribution in [2.24, 2.45) is 0 Å². The third-order valence-electron chi connectivity index (χ3n) is 2.59. The summed E-state index contributed by atoms with van der Waals surface area (Å²) in [6.07, 6.45) is 0. The van der Waals surface area contributed by atoms with Gasteiger partial charge in [0.2, 0.25) is 0 Å². The Morgan fingerprint density at radius 2 is 1.70 bits per heavy atom. The molecule has 3 N–H and O–H groups in total. The maximum atomic E-state index is 13.1. The van der Waals surface area contributed by atoms with Crippen molar-refractivity contribution in [1.29, 1.82) is 0 Å². The van der Waals surface area contributed by atoms with E-state index >= 15 is 0 Å². The normalized spacial score (nSPS) is 10.4. The fourth-order valence-corrected chi connectivity index (χ4v) is 1.69. The van der Waals surface area contributed by atoms with Gasteiger partial charge in [0, 0.05) is 29.6 Å². The molecule has 2 rings (SSSR count). The lowest BCUT2D eigenvalue weighted by molar-refractivity contribution is 0.342. The van der Waals surface area contributed by atoms with E-state index in [2.05, 4.69) is 5.32 Å². The summed E-state index contributed by atoms with van der Waals surface area (Å²) in [5.41, 5.74) is 6.78. The van der Waals surface area contributed by atoms with Gasteiger partial charge >= 0.3 is 0 Å². The Hall–Kier alpha value is -2.37. The number of anilines is 3. The molecule has 0 heterocycles. The van der Waals surface area contributed by atoms with Crippen molar-refractivity contribution in [3.8, 4) is 5.75 Å². The van der Waals surface area contributed by atoms with Crippen LogP contribution in [0.15, 0.2) is 30.3 Å². The highest BCUT2D eigenvalue weighted by molar-refractivity contribution is 5.66. The van der Waals surface area contributed by atoms with Gasteiger partial charge < -0.3 is 15.8 Å². The molecular formula is C14H13F3N2O. The molecule has 106 valence electrons. The zero-order chi connectivity index (χ0) is 14.7. The van der Waals surface area contributed by atoms with E-state index in [1.165, 1.54) is 0 Å². The molecule has 0 bridgehead atoms. The minimum Gasteiger partial charge on any atom is -0.492 e. The highest BCUT2D eigenvalue weighted by Crippen LogP contribution is 2.28. The third kappa shape index (κ3) is 2.96. The van der Waals surface area contributed by atoms with Gasteiger partial charge in [-0.15, -0.1) is 0 Å². The predicted octanol–water partition coefficient (Wildman–Crippen LogP) is 3.83. The fraction of sp³-hybridized carbons (Fsp3) is 0.143. The second-order valence-electron chi connectivity index (χ2n) is 4.06. The van der Waals surface area contributed by atoms with Gasteiger partial charge in [-0.25, -0.2) is 13.2 Å². The van der Waals surface area contributed by atoms with Gasteiger partial charge in [-0.05, 0) is 19.1 Å². The molecule has 2 aromatic carbocycles. The summed E-state index contributed by atoms with van der Waals surface area (Å²) in [6.45, 7) is 2.25. The molecule has 0 unspecified atom stereocenters. The van der Waals surface area contributed by atoms with Crippen molar-refractivity contribution in [2.75, 3.05) is 17.7 Å². The molecule has 0 atom stereocenters. The lowest BCUT2D eigenvalue weighted by Gasteiger charge is -2.11. The number of nitrogens with two attached hydrogens (primary N) is 1. The zero-order valence-corrected chi connectivity index (χ0v) is 10.7. The van der Waals surface area contributed by atoms with Crippen LogP contribution in [0.25, 0.3) is 0 Å². The minimum atomic E-state index is -1.50. The van der Waals surface area contributed by atoms with Crippen molar-refractivity contribution in [2.45, 2.75) is 6.92 Å². The number of nitrogens with one attached hydrogen (secondary N) is 1. The van der Waals surface area contributed by atoms with Crippen LogP contribution in [0.4, 0.5) is 30.2 Å². The topological polar surface area (TPSA) is 47.3 Å². The van der Waals surface area contributed by atoms with Crippen molar-refractivity contribution >= 4 is 17.1 Å². The Morgan fingerprint density at radius 3 is 2.30 bits per heavy atom. The van der Waals surface area contributed by atoms with E-state index in [1.54, 1.807) is 18.2 Å². The molecule has 0 aromatic heterocycles. The first kappa shape index (κ1) is 14.0. The van der Waals surface area contributed by atoms with Crippen LogP contribution in [0.1, 0.15) is 6.92 Å². The summed E-state index contributed by atoms with van der Waals surface area (Å²) in [6, 6.07) is 6.56. The molecule has 20 heavy (non-hydrogen) atoms. The molecule has 0 aliphatic carbocycles. The Balaban J connectivity index is 2.28. The van der Waals surface area contributed by atoms with Crippen molar-refractivity contribution in [3.63, 3.8) is 0 Å². The van der Waals surface area contributed by atoms with Gasteiger partial charge in [0.1, 0.15) is 5.75 Å². The molecule has 0 radical (unpaired) electrons. The van der Waals surface area contributed by atoms with Gasteiger partial charge in [0.05, 0.1) is 12.3 Å². The molecule has 6 heteroatoms. The zero-order valence-electron chi connectivity index (χ0n) is 10.7. The number of halogens is 3. The van der Waals surface area contributed by atoms with Gasteiger partial charge in [0.15, 0.2) is 17.5 Å². The summed E-state index contributed by atoms with van der Waals surface area (Å²) in [5, 5.41) is 2.76. The number of nitrogen functional groups attached to an aromatic ring is 1. The van der Waals surface area contributed by atoms with Crippen LogP contribution in [0.3, 0.4) is 0 Å². The van der Waals surface area contributed by atoms with Crippen LogP contribution in [0.2, 0.25) is 0 Å². The summed E-state index contributed by atoms with van der Waals surface area (Å²) < 4.78 is 44.4. The molecule has 0 saturated carbocycles. The van der Waals surface area contributed by atoms with Crippen LogP contribution in [0, 0.1) is 17.5 Å². The molecule has 0 saturated heterocycles. The van der Waals surface area contributed by atoms with E-state index in [0.29, 0.717) is 23.7 Å². The first-order valence-corrected chi connectivity index (χ1v) is 5.95. The molecule has 3 nitrogen and oxygen atoms in total. The monoisotopic (exact) mass is 282 g/mol. The molecule has 0 spiro atoms. The van der Waals surface area contributed by atoms with Gasteiger partial charge in [-0.1, -0.05) is 0 Å². The number of hydrogen-bond donors (Lipinski definition) is 2. The average Bonchev–Trinajstić information content (AvgIpc) is 2.40. The van der Waals surface area contributed by atoms with E-state index in [0.717, 1.165) is 12.1 Å². The van der Waals surface area contributed by atoms with Crippen molar-refractivity contribution < 1.29 is 17.9 Å². The Labute approximate surface area is 114 Å². The van der Waals surface area contributed by atoms with E-state index in [9.17, 15) is 13.2 Å². The molecule has 2 aromatic rings. The number of rotatable bonds is 4. The first-order chi connectivity index (χ1) is 9.51. The average molecular weight is 282 g/mol. The van der Waals surface area contributed by atoms with Gasteiger partial charge in [0.25, 0.3) is 0 Å². The second-order valence-corrected chi connectivity index (χ2v) is 4.06. The molecule has 0 aliphatic rings. The van der Waals surface area contributed by atoms with Crippen LogP contribution in [-0.2, 0) is 0 Å². The fourth-order valence-electron chi connectivity index (χ4n) is 1.69. The quantitative estimate of drug-likeness (QED) is 0.662. The Morgan fingerprint density at radius 1 is 1.05 bits per heavy atom. The SMILES string of the molecule is CCOc1cc(Nc2cc(F)c(F)c(F)c2)ccc1N. The largest absolute Gasteiger partial charge is 0.492 e. The van der Waals surface area contributed by atoms with Gasteiger partial charge in [-0.3, -0.25) is 0 Å². The summed E-state index contributed by atoms with van der Waals surface area (Å²) >= 11 is 0. The molecule has 0 aliphatic heterocycles. The Kier molecular flexibility index (Phi) is 4.02. The van der Waals surface area contributed by atoms with Crippen LogP contribution in [0.5, 0.6) is 5.75 Å². The van der Waals surface area contributed by atoms with Gasteiger partial charge in [-0.2, -0.15) is 0 Å². The standard InChI is InChI=1S/C14H13F3N2O/c1-2-20-13-7-8(3-4-12(13)18)19-9-5-10(15)14(17)11(16)6-9/h3-7,19H,2,18H2,1H3. The van der Waals surface area contributed by atoms with Crippen LogP contribution >= 0.6 is 0 Å². The highest BCUT2D eigenvalue weighted by atomic mass is 19.2. The van der Waals surface area contributed by atoms with Crippen LogP contribution < -0.4 is 15.8 Å². The first-order valence-electron chi connectivity index (χ1n) is 5.95. The maximum Gasteiger partial charge on any atom is 0.194 e. The second kappa shape index (κ2) is 5.73. The smallest absolute Gasteiger partial charge is 0.194 e. The predicted molar refractivity (Wildman–Crippen MR) is 71.6 cm³/mol. The maximum absolute atomic E-state index is 13.1. The van der Waals surface area contributed by atoms with Crippen molar-refractivity contribution in [3.05, 3.63) is 47.8 Å². The van der Waals surface area contributed by atoms with Crippen molar-refractivity contribution in [1.82, 2.24) is 0 Å². The minimum absolute atomic E-state index is 0.0913. The lowest BCUT2D eigenvalue weighted by atomic mass is 10.2. The van der Waals surface area contributed by atoms with E-state index in [-0.39, 0.29) is 5.69 Å². The number of hydrogen-bond acceptors (Lipinski definition) is 3. The van der Waals surface area contributed by atoms with E-state index in [1.807, 2.05) is 6.92 Å². The molecule has 0 amide bonds. The van der Waals surface area contributed by atoms with E-state index < -0.39 is 17.5 Å². The molecule has 0 fully saturated rings. The highest BCUT2D eigenvalue weighted by Gasteiger charge is 2.11. The third-order valence-corrected chi connectivity index (χ3v) is 2.59. The van der Waals surface area contributed by atoms with E-state index in [4.69, 9.17) is 10.5 Å². The Bertz CT molecular complexity index is 609.